The molecule has 0 fully saturated rings. The first-order valence-corrected chi connectivity index (χ1v) is 6.07. The average Bonchev–Trinajstić information content (AvgIpc) is 2.30. The Bertz CT molecular complexity index is 337. The molecule has 0 aliphatic heterocycles. The summed E-state index contributed by atoms with van der Waals surface area (Å²) in [5.41, 5.74) is 6.81. The molecule has 17 heavy (non-hydrogen) atoms. The zero-order valence-corrected chi connectivity index (χ0v) is 10.9. The number of anilines is 2. The van der Waals surface area contributed by atoms with E-state index in [1.54, 1.807) is 7.11 Å². The normalized spacial score (nSPS) is 12.4. The molecule has 0 radical (unpaired) electrons. The molecule has 1 heterocycles. The topological polar surface area (TPSA) is 73.1 Å². The predicted molar refractivity (Wildman–Crippen MR) is 70.0 cm³/mol. The van der Waals surface area contributed by atoms with Crippen LogP contribution in [0.25, 0.3) is 0 Å². The van der Waals surface area contributed by atoms with Gasteiger partial charge in [0.2, 0.25) is 0 Å². The second-order valence-electron chi connectivity index (χ2n) is 4.02. The number of nitrogen functional groups attached to an aromatic ring is 1. The molecule has 0 spiro atoms. The molecule has 0 aromatic carbocycles. The van der Waals surface area contributed by atoms with E-state index in [0.29, 0.717) is 12.4 Å². The number of methoxy groups -OCH3 is 1. The highest BCUT2D eigenvalue weighted by molar-refractivity contribution is 5.55. The van der Waals surface area contributed by atoms with Gasteiger partial charge in [0, 0.05) is 12.7 Å². The number of nitrogens with zero attached hydrogens (tertiary/aromatic N) is 2. The Hall–Kier alpha value is -1.36. The minimum atomic E-state index is 0.268. The lowest BCUT2D eigenvalue weighted by Crippen LogP contribution is -2.26. The van der Waals surface area contributed by atoms with Gasteiger partial charge in [-0.05, 0) is 12.8 Å². The van der Waals surface area contributed by atoms with Crippen LogP contribution in [0, 0.1) is 0 Å². The van der Waals surface area contributed by atoms with E-state index in [1.807, 2.05) is 6.92 Å². The van der Waals surface area contributed by atoms with E-state index in [2.05, 4.69) is 22.2 Å². The van der Waals surface area contributed by atoms with Crippen LogP contribution in [0.4, 0.5) is 11.6 Å². The third-order valence-electron chi connectivity index (χ3n) is 2.68. The molecule has 0 bridgehead atoms. The molecule has 0 aliphatic carbocycles. The standard InChI is InChI=1S/C12H22N4O/c1-4-6-9(7-17-3)16-12-10(5-2)11(13)14-8-15-12/h8-9H,4-7H2,1-3H3,(H3,13,14,15,16). The van der Waals surface area contributed by atoms with Crippen LogP contribution < -0.4 is 11.1 Å². The maximum Gasteiger partial charge on any atom is 0.134 e. The molecule has 0 saturated heterocycles. The fourth-order valence-electron chi connectivity index (χ4n) is 1.84. The number of ether oxygens (including phenoxy) is 1. The molecule has 1 rings (SSSR count). The van der Waals surface area contributed by atoms with Gasteiger partial charge < -0.3 is 15.8 Å². The van der Waals surface area contributed by atoms with Crippen molar-refractivity contribution in [2.24, 2.45) is 0 Å². The van der Waals surface area contributed by atoms with Crippen LogP contribution in [0.3, 0.4) is 0 Å². The Morgan fingerprint density at radius 3 is 2.76 bits per heavy atom. The van der Waals surface area contributed by atoms with Crippen molar-refractivity contribution in [3.8, 4) is 0 Å². The number of hydrogen-bond donors (Lipinski definition) is 2. The molecule has 1 unspecified atom stereocenters. The van der Waals surface area contributed by atoms with E-state index >= 15 is 0 Å². The van der Waals surface area contributed by atoms with Crippen molar-refractivity contribution in [3.63, 3.8) is 0 Å². The summed E-state index contributed by atoms with van der Waals surface area (Å²) in [4.78, 5) is 8.26. The molecule has 1 aromatic rings. The Morgan fingerprint density at radius 1 is 1.41 bits per heavy atom. The first-order valence-electron chi connectivity index (χ1n) is 6.07. The van der Waals surface area contributed by atoms with E-state index in [-0.39, 0.29) is 6.04 Å². The van der Waals surface area contributed by atoms with Gasteiger partial charge in [-0.15, -0.1) is 0 Å². The first kappa shape index (κ1) is 13.7. The summed E-state index contributed by atoms with van der Waals surface area (Å²) < 4.78 is 5.20. The SMILES string of the molecule is CCCC(COC)Nc1ncnc(N)c1CC. The molecule has 1 atom stereocenters. The molecule has 1 aromatic heterocycles. The molecule has 0 amide bonds. The summed E-state index contributed by atoms with van der Waals surface area (Å²) >= 11 is 0. The van der Waals surface area contributed by atoms with E-state index in [0.717, 1.165) is 30.6 Å². The van der Waals surface area contributed by atoms with Gasteiger partial charge in [0.25, 0.3) is 0 Å². The average molecular weight is 238 g/mol. The lowest BCUT2D eigenvalue weighted by Gasteiger charge is -2.19. The summed E-state index contributed by atoms with van der Waals surface area (Å²) in [6.07, 6.45) is 4.46. The highest BCUT2D eigenvalue weighted by Gasteiger charge is 2.12. The van der Waals surface area contributed by atoms with Crippen molar-refractivity contribution in [1.29, 1.82) is 0 Å². The Balaban J connectivity index is 2.80. The number of nitrogens with one attached hydrogen (secondary N) is 1. The molecule has 3 N–H and O–H groups in total. The van der Waals surface area contributed by atoms with Gasteiger partial charge in [-0.25, -0.2) is 9.97 Å². The minimum Gasteiger partial charge on any atom is -0.383 e. The van der Waals surface area contributed by atoms with Gasteiger partial charge in [-0.1, -0.05) is 20.3 Å². The fourth-order valence-corrected chi connectivity index (χ4v) is 1.84. The van der Waals surface area contributed by atoms with Crippen molar-refractivity contribution >= 4 is 11.6 Å². The van der Waals surface area contributed by atoms with Crippen LogP contribution in [0.5, 0.6) is 0 Å². The third kappa shape index (κ3) is 3.85. The predicted octanol–water partition coefficient (Wildman–Crippen LogP) is 1.85. The van der Waals surface area contributed by atoms with E-state index in [4.69, 9.17) is 10.5 Å². The number of aromatic nitrogens is 2. The monoisotopic (exact) mass is 238 g/mol. The third-order valence-corrected chi connectivity index (χ3v) is 2.68. The molecular weight excluding hydrogens is 216 g/mol. The summed E-state index contributed by atoms with van der Waals surface area (Å²) in [7, 11) is 1.71. The van der Waals surface area contributed by atoms with Crippen molar-refractivity contribution in [1.82, 2.24) is 9.97 Å². The van der Waals surface area contributed by atoms with Crippen LogP contribution in [0.2, 0.25) is 0 Å². The van der Waals surface area contributed by atoms with Crippen molar-refractivity contribution in [2.45, 2.75) is 39.2 Å². The molecule has 5 nitrogen and oxygen atoms in total. The highest BCUT2D eigenvalue weighted by Crippen LogP contribution is 2.19. The summed E-state index contributed by atoms with van der Waals surface area (Å²) in [5, 5.41) is 3.39. The van der Waals surface area contributed by atoms with E-state index in [1.165, 1.54) is 6.33 Å². The number of rotatable bonds is 7. The molecule has 0 aliphatic rings. The summed E-state index contributed by atoms with van der Waals surface area (Å²) in [6.45, 7) is 4.87. The van der Waals surface area contributed by atoms with E-state index in [9.17, 15) is 0 Å². The minimum absolute atomic E-state index is 0.268. The van der Waals surface area contributed by atoms with Gasteiger partial charge in [0.05, 0.1) is 12.6 Å². The zero-order valence-electron chi connectivity index (χ0n) is 10.9. The quantitative estimate of drug-likeness (QED) is 0.758. The largest absolute Gasteiger partial charge is 0.383 e. The van der Waals surface area contributed by atoms with Crippen LogP contribution in [-0.4, -0.2) is 29.7 Å². The molecule has 5 heteroatoms. The smallest absolute Gasteiger partial charge is 0.134 e. The van der Waals surface area contributed by atoms with Gasteiger partial charge in [-0.3, -0.25) is 0 Å². The molecule has 0 saturated carbocycles. The molecular formula is C12H22N4O. The van der Waals surface area contributed by atoms with Crippen LogP contribution >= 0.6 is 0 Å². The van der Waals surface area contributed by atoms with Gasteiger partial charge >= 0.3 is 0 Å². The Labute approximate surface area is 103 Å². The fraction of sp³-hybridized carbons (Fsp3) is 0.667. The summed E-state index contributed by atoms with van der Waals surface area (Å²) in [6, 6.07) is 0.268. The second kappa shape index (κ2) is 7.06. The van der Waals surface area contributed by atoms with Gasteiger partial charge in [0.15, 0.2) is 0 Å². The Morgan fingerprint density at radius 2 is 2.18 bits per heavy atom. The van der Waals surface area contributed by atoms with Gasteiger partial charge in [0.1, 0.15) is 18.0 Å². The second-order valence-corrected chi connectivity index (χ2v) is 4.02. The summed E-state index contributed by atoms with van der Waals surface area (Å²) in [5.74, 6) is 1.38. The Kier molecular flexibility index (Phi) is 5.69. The van der Waals surface area contributed by atoms with Crippen LogP contribution in [-0.2, 0) is 11.2 Å². The first-order chi connectivity index (χ1) is 8.22. The molecule has 96 valence electrons. The van der Waals surface area contributed by atoms with Crippen molar-refractivity contribution < 1.29 is 4.74 Å². The lowest BCUT2D eigenvalue weighted by molar-refractivity contribution is 0.182. The van der Waals surface area contributed by atoms with Crippen LogP contribution in [0.1, 0.15) is 32.3 Å². The van der Waals surface area contributed by atoms with Crippen molar-refractivity contribution in [3.05, 3.63) is 11.9 Å². The maximum atomic E-state index is 5.83. The van der Waals surface area contributed by atoms with Crippen LogP contribution in [0.15, 0.2) is 6.33 Å². The van der Waals surface area contributed by atoms with E-state index < -0.39 is 0 Å². The van der Waals surface area contributed by atoms with Gasteiger partial charge in [-0.2, -0.15) is 0 Å². The number of hydrogen-bond acceptors (Lipinski definition) is 5. The lowest BCUT2D eigenvalue weighted by atomic mass is 10.1. The number of nitrogens with two attached hydrogens (primary N) is 1. The highest BCUT2D eigenvalue weighted by atomic mass is 16.5. The van der Waals surface area contributed by atoms with Crippen molar-refractivity contribution in [2.75, 3.05) is 24.8 Å². The maximum absolute atomic E-state index is 5.83. The zero-order chi connectivity index (χ0) is 12.7.